The van der Waals surface area contributed by atoms with Crippen LogP contribution in [-0.4, -0.2) is 27.9 Å². The standard InChI is InChI=1S/C15H22ClNO.C6H4ClF.C2H4O2/c1-5-6-15(17(11(2)3)12(4)18)13-7-9-14(16)10-8-13;7-5-2-1-3-6(8)4-5;1-2(3)4/h7-11,15H,5-6H2,1-4H3;1-4H;1H3,(H,3,4). The summed E-state index contributed by atoms with van der Waals surface area (Å²) in [6.45, 7) is 8.97. The Morgan fingerprint density at radius 1 is 1.03 bits per heavy atom. The highest BCUT2D eigenvalue weighted by Crippen LogP contribution is 2.28. The molecular formula is C23H30Cl2FNO3. The number of hydrogen-bond donors (Lipinski definition) is 1. The van der Waals surface area contributed by atoms with Crippen molar-refractivity contribution in [3.05, 3.63) is 70.0 Å². The molecule has 4 nitrogen and oxygen atoms in total. The van der Waals surface area contributed by atoms with Crippen LogP contribution in [0.25, 0.3) is 0 Å². The molecule has 0 aliphatic carbocycles. The molecule has 1 atom stereocenters. The smallest absolute Gasteiger partial charge is 0.300 e. The Morgan fingerprint density at radius 2 is 1.57 bits per heavy atom. The highest BCUT2D eigenvalue weighted by Gasteiger charge is 2.24. The van der Waals surface area contributed by atoms with Gasteiger partial charge in [0, 0.05) is 29.9 Å². The van der Waals surface area contributed by atoms with E-state index in [1.807, 2.05) is 29.2 Å². The highest BCUT2D eigenvalue weighted by molar-refractivity contribution is 6.30. The van der Waals surface area contributed by atoms with Crippen molar-refractivity contribution in [1.82, 2.24) is 4.90 Å². The molecule has 2 aromatic rings. The number of carboxylic acids is 1. The normalized spacial score (nSPS) is 10.8. The van der Waals surface area contributed by atoms with Gasteiger partial charge in [-0.1, -0.05) is 54.7 Å². The molecule has 0 bridgehead atoms. The first-order valence-electron chi connectivity index (χ1n) is 9.64. The third kappa shape index (κ3) is 11.8. The van der Waals surface area contributed by atoms with E-state index >= 15 is 0 Å². The number of aliphatic carboxylic acids is 1. The zero-order chi connectivity index (χ0) is 23.3. The summed E-state index contributed by atoms with van der Waals surface area (Å²) in [7, 11) is 0. The van der Waals surface area contributed by atoms with Gasteiger partial charge in [0.05, 0.1) is 6.04 Å². The number of carboxylic acid groups (broad SMARTS) is 1. The van der Waals surface area contributed by atoms with Crippen LogP contribution in [0.2, 0.25) is 10.0 Å². The molecular weight excluding hydrogens is 428 g/mol. The molecule has 0 aromatic heterocycles. The second-order valence-corrected chi connectivity index (χ2v) is 7.71. The molecule has 0 fully saturated rings. The number of benzene rings is 2. The summed E-state index contributed by atoms with van der Waals surface area (Å²) in [5.41, 5.74) is 1.16. The van der Waals surface area contributed by atoms with Crippen molar-refractivity contribution in [1.29, 1.82) is 0 Å². The molecule has 2 rings (SSSR count). The maximum atomic E-state index is 12.1. The average molecular weight is 458 g/mol. The van der Waals surface area contributed by atoms with Gasteiger partial charge in [-0.15, -0.1) is 0 Å². The molecule has 0 aliphatic heterocycles. The molecule has 1 N–H and O–H groups in total. The van der Waals surface area contributed by atoms with Crippen LogP contribution in [0.5, 0.6) is 0 Å². The van der Waals surface area contributed by atoms with E-state index in [0.717, 1.165) is 30.4 Å². The Balaban J connectivity index is 0.000000574. The van der Waals surface area contributed by atoms with Crippen molar-refractivity contribution in [2.45, 2.75) is 59.5 Å². The molecule has 166 valence electrons. The largest absolute Gasteiger partial charge is 0.481 e. The average Bonchev–Trinajstić information content (AvgIpc) is 2.61. The van der Waals surface area contributed by atoms with Crippen molar-refractivity contribution in [2.24, 2.45) is 0 Å². The molecule has 0 spiro atoms. The number of nitrogens with zero attached hydrogens (tertiary/aromatic N) is 1. The van der Waals surface area contributed by atoms with Crippen molar-refractivity contribution >= 4 is 35.1 Å². The number of amides is 1. The number of halogens is 3. The van der Waals surface area contributed by atoms with E-state index in [0.29, 0.717) is 5.02 Å². The van der Waals surface area contributed by atoms with Crippen LogP contribution in [0.3, 0.4) is 0 Å². The maximum absolute atomic E-state index is 12.1. The van der Waals surface area contributed by atoms with E-state index < -0.39 is 5.97 Å². The number of rotatable bonds is 5. The van der Waals surface area contributed by atoms with Crippen LogP contribution in [0.15, 0.2) is 48.5 Å². The molecule has 2 aromatic carbocycles. The van der Waals surface area contributed by atoms with Crippen molar-refractivity contribution in [3.8, 4) is 0 Å². The minimum absolute atomic E-state index is 0.124. The van der Waals surface area contributed by atoms with E-state index in [2.05, 4.69) is 20.8 Å². The predicted octanol–water partition coefficient (Wildman–Crippen LogP) is 7.01. The van der Waals surface area contributed by atoms with Crippen LogP contribution >= 0.6 is 23.2 Å². The monoisotopic (exact) mass is 457 g/mol. The lowest BCUT2D eigenvalue weighted by molar-refractivity contribution is -0.135. The summed E-state index contributed by atoms with van der Waals surface area (Å²) in [5.74, 6) is -1.00. The Bertz CT molecular complexity index is 761. The summed E-state index contributed by atoms with van der Waals surface area (Å²) >= 11 is 11.3. The van der Waals surface area contributed by atoms with E-state index in [4.69, 9.17) is 33.1 Å². The van der Waals surface area contributed by atoms with Gasteiger partial charge in [-0.05, 0) is 56.2 Å². The van der Waals surface area contributed by atoms with Crippen LogP contribution in [0, 0.1) is 5.82 Å². The molecule has 0 aliphatic rings. The number of carbonyl (C=O) groups excluding carboxylic acids is 1. The summed E-state index contributed by atoms with van der Waals surface area (Å²) in [4.78, 5) is 22.8. The lowest BCUT2D eigenvalue weighted by atomic mass is 9.99. The third-order valence-electron chi connectivity index (χ3n) is 3.86. The highest BCUT2D eigenvalue weighted by atomic mass is 35.5. The topological polar surface area (TPSA) is 57.6 Å². The van der Waals surface area contributed by atoms with Gasteiger partial charge in [0.25, 0.3) is 5.97 Å². The Kier molecular flexibility index (Phi) is 13.8. The van der Waals surface area contributed by atoms with Crippen LogP contribution in [-0.2, 0) is 9.59 Å². The fraction of sp³-hybridized carbons (Fsp3) is 0.391. The first-order chi connectivity index (χ1) is 14.0. The van der Waals surface area contributed by atoms with Crippen molar-refractivity contribution < 1.29 is 19.1 Å². The van der Waals surface area contributed by atoms with Gasteiger partial charge in [0.15, 0.2) is 0 Å². The fourth-order valence-electron chi connectivity index (χ4n) is 2.83. The van der Waals surface area contributed by atoms with E-state index in [-0.39, 0.29) is 23.8 Å². The van der Waals surface area contributed by atoms with Crippen LogP contribution < -0.4 is 0 Å². The lowest BCUT2D eigenvalue weighted by Gasteiger charge is -2.34. The van der Waals surface area contributed by atoms with E-state index in [9.17, 15) is 9.18 Å². The van der Waals surface area contributed by atoms with Crippen molar-refractivity contribution in [2.75, 3.05) is 0 Å². The summed E-state index contributed by atoms with van der Waals surface area (Å²) in [6, 6.07) is 14.0. The van der Waals surface area contributed by atoms with Gasteiger partial charge >= 0.3 is 0 Å². The minimum Gasteiger partial charge on any atom is -0.481 e. The molecule has 0 radical (unpaired) electrons. The second-order valence-electron chi connectivity index (χ2n) is 6.83. The fourth-order valence-corrected chi connectivity index (χ4v) is 3.13. The molecule has 0 heterocycles. The third-order valence-corrected chi connectivity index (χ3v) is 4.35. The maximum Gasteiger partial charge on any atom is 0.300 e. The molecule has 0 saturated heterocycles. The first-order valence-corrected chi connectivity index (χ1v) is 10.4. The molecule has 1 amide bonds. The van der Waals surface area contributed by atoms with Gasteiger partial charge in [0.1, 0.15) is 5.82 Å². The van der Waals surface area contributed by atoms with Crippen LogP contribution in [0.4, 0.5) is 4.39 Å². The lowest BCUT2D eigenvalue weighted by Crippen LogP contribution is -2.38. The Morgan fingerprint density at radius 3 is 1.90 bits per heavy atom. The van der Waals surface area contributed by atoms with Gasteiger partial charge in [-0.25, -0.2) is 4.39 Å². The second kappa shape index (κ2) is 14.8. The Hall–Kier alpha value is -2.11. The quantitative estimate of drug-likeness (QED) is 0.525. The van der Waals surface area contributed by atoms with Gasteiger partial charge in [-0.3, -0.25) is 9.59 Å². The SMILES string of the molecule is CC(=O)O.CCCC(c1ccc(Cl)cc1)N(C(C)=O)C(C)C.Fc1cccc(Cl)c1. The van der Waals surface area contributed by atoms with Crippen molar-refractivity contribution in [3.63, 3.8) is 0 Å². The summed E-state index contributed by atoms with van der Waals surface area (Å²) < 4.78 is 12.1. The molecule has 30 heavy (non-hydrogen) atoms. The van der Waals surface area contributed by atoms with Crippen LogP contribution in [0.1, 0.15) is 59.1 Å². The Labute approximate surface area is 188 Å². The minimum atomic E-state index is -0.833. The van der Waals surface area contributed by atoms with Gasteiger partial charge < -0.3 is 10.0 Å². The number of carbonyl (C=O) groups is 2. The van der Waals surface area contributed by atoms with E-state index in [1.54, 1.807) is 19.1 Å². The van der Waals surface area contributed by atoms with Gasteiger partial charge in [-0.2, -0.15) is 0 Å². The zero-order valence-electron chi connectivity index (χ0n) is 18.0. The predicted molar refractivity (Wildman–Crippen MR) is 121 cm³/mol. The first kappa shape index (κ1) is 27.9. The molecule has 7 heteroatoms. The summed E-state index contributed by atoms with van der Waals surface area (Å²) in [6.07, 6.45) is 2.02. The zero-order valence-corrected chi connectivity index (χ0v) is 19.5. The molecule has 0 saturated carbocycles. The van der Waals surface area contributed by atoms with Gasteiger partial charge in [0.2, 0.25) is 5.91 Å². The van der Waals surface area contributed by atoms with E-state index in [1.165, 1.54) is 12.1 Å². The number of hydrogen-bond acceptors (Lipinski definition) is 2. The molecule has 1 unspecified atom stereocenters. The summed E-state index contributed by atoms with van der Waals surface area (Å²) in [5, 5.41) is 8.58.